The second-order valence-electron chi connectivity index (χ2n) is 5.84. The number of para-hydroxylation sites is 1. The molecule has 0 aliphatic carbocycles. The van der Waals surface area contributed by atoms with Gasteiger partial charge in [-0.2, -0.15) is 0 Å². The van der Waals surface area contributed by atoms with Crippen LogP contribution in [-0.4, -0.2) is 11.6 Å². The Bertz CT molecular complexity index is 639. The third-order valence-electron chi connectivity index (χ3n) is 4.29. The van der Waals surface area contributed by atoms with Crippen molar-refractivity contribution in [3.05, 3.63) is 58.9 Å². The SMILES string of the molecule is Cc1ccc(C(N)CC2CCOc3ccccc32)c(C)n1. The van der Waals surface area contributed by atoms with Gasteiger partial charge in [-0.3, -0.25) is 4.98 Å². The first-order chi connectivity index (χ1) is 10.1. The number of pyridine rings is 1. The molecular weight excluding hydrogens is 260 g/mol. The van der Waals surface area contributed by atoms with E-state index in [4.69, 9.17) is 10.5 Å². The molecule has 3 rings (SSSR count). The second-order valence-corrected chi connectivity index (χ2v) is 5.84. The van der Waals surface area contributed by atoms with E-state index in [0.717, 1.165) is 42.1 Å². The number of hydrogen-bond acceptors (Lipinski definition) is 3. The fourth-order valence-electron chi connectivity index (χ4n) is 3.18. The highest BCUT2D eigenvalue weighted by Crippen LogP contribution is 2.38. The van der Waals surface area contributed by atoms with E-state index in [2.05, 4.69) is 23.2 Å². The van der Waals surface area contributed by atoms with E-state index in [1.165, 1.54) is 5.56 Å². The highest BCUT2D eigenvalue weighted by Gasteiger charge is 2.24. The summed E-state index contributed by atoms with van der Waals surface area (Å²) in [6.45, 7) is 4.83. The summed E-state index contributed by atoms with van der Waals surface area (Å²) >= 11 is 0. The number of fused-ring (bicyclic) bond motifs is 1. The molecular formula is C18H22N2O. The van der Waals surface area contributed by atoms with E-state index in [-0.39, 0.29) is 6.04 Å². The summed E-state index contributed by atoms with van der Waals surface area (Å²) in [4.78, 5) is 4.53. The molecule has 21 heavy (non-hydrogen) atoms. The number of aryl methyl sites for hydroxylation is 2. The Morgan fingerprint density at radius 1 is 1.24 bits per heavy atom. The summed E-state index contributed by atoms with van der Waals surface area (Å²) in [6, 6.07) is 12.5. The maximum Gasteiger partial charge on any atom is 0.122 e. The van der Waals surface area contributed by atoms with Gasteiger partial charge in [-0.05, 0) is 55.9 Å². The molecule has 0 spiro atoms. The van der Waals surface area contributed by atoms with Crippen molar-refractivity contribution < 1.29 is 4.74 Å². The molecule has 1 aromatic carbocycles. The summed E-state index contributed by atoms with van der Waals surface area (Å²) in [6.07, 6.45) is 1.97. The molecule has 0 radical (unpaired) electrons. The van der Waals surface area contributed by atoms with Crippen molar-refractivity contribution in [1.29, 1.82) is 0 Å². The average Bonchev–Trinajstić information content (AvgIpc) is 2.47. The molecule has 2 heterocycles. The topological polar surface area (TPSA) is 48.1 Å². The van der Waals surface area contributed by atoms with Gasteiger partial charge in [-0.25, -0.2) is 0 Å². The number of nitrogens with two attached hydrogens (primary N) is 1. The molecule has 0 saturated carbocycles. The lowest BCUT2D eigenvalue weighted by Gasteiger charge is -2.28. The zero-order valence-electron chi connectivity index (χ0n) is 12.7. The van der Waals surface area contributed by atoms with Crippen molar-refractivity contribution in [3.8, 4) is 5.75 Å². The maximum absolute atomic E-state index is 6.45. The zero-order chi connectivity index (χ0) is 14.8. The van der Waals surface area contributed by atoms with Crippen LogP contribution in [0.15, 0.2) is 36.4 Å². The lowest BCUT2D eigenvalue weighted by Crippen LogP contribution is -2.21. The largest absolute Gasteiger partial charge is 0.493 e. The fraction of sp³-hybridized carbons (Fsp3) is 0.389. The van der Waals surface area contributed by atoms with E-state index in [1.807, 2.05) is 32.0 Å². The van der Waals surface area contributed by atoms with E-state index >= 15 is 0 Å². The molecule has 2 atom stereocenters. The van der Waals surface area contributed by atoms with Gasteiger partial charge < -0.3 is 10.5 Å². The van der Waals surface area contributed by atoms with Crippen LogP contribution < -0.4 is 10.5 Å². The van der Waals surface area contributed by atoms with Crippen LogP contribution in [0.2, 0.25) is 0 Å². The minimum absolute atomic E-state index is 0.0225. The van der Waals surface area contributed by atoms with Gasteiger partial charge in [-0.1, -0.05) is 24.3 Å². The summed E-state index contributed by atoms with van der Waals surface area (Å²) < 4.78 is 5.73. The number of benzene rings is 1. The van der Waals surface area contributed by atoms with Crippen molar-refractivity contribution in [2.45, 2.75) is 38.6 Å². The standard InChI is InChI=1S/C18H22N2O/c1-12-7-8-15(13(2)20-12)17(19)11-14-9-10-21-18-6-4-3-5-16(14)18/h3-8,14,17H,9-11,19H2,1-2H3. The van der Waals surface area contributed by atoms with Gasteiger partial charge in [0.25, 0.3) is 0 Å². The number of ether oxygens (including phenoxy) is 1. The molecule has 2 aromatic rings. The van der Waals surface area contributed by atoms with Crippen LogP contribution in [0.1, 0.15) is 47.3 Å². The Kier molecular flexibility index (Phi) is 3.93. The van der Waals surface area contributed by atoms with Gasteiger partial charge in [0.15, 0.2) is 0 Å². The third kappa shape index (κ3) is 2.93. The number of aromatic nitrogens is 1. The molecule has 3 heteroatoms. The predicted molar refractivity (Wildman–Crippen MR) is 84.6 cm³/mol. The summed E-state index contributed by atoms with van der Waals surface area (Å²) in [5, 5.41) is 0. The molecule has 0 bridgehead atoms. The minimum atomic E-state index is 0.0225. The molecule has 110 valence electrons. The monoisotopic (exact) mass is 282 g/mol. The Hall–Kier alpha value is -1.87. The van der Waals surface area contributed by atoms with E-state index in [9.17, 15) is 0 Å². The van der Waals surface area contributed by atoms with E-state index in [0.29, 0.717) is 5.92 Å². The first kappa shape index (κ1) is 14.1. The Balaban J connectivity index is 1.81. The Morgan fingerprint density at radius 2 is 2.05 bits per heavy atom. The number of rotatable bonds is 3. The number of nitrogens with zero attached hydrogens (tertiary/aromatic N) is 1. The molecule has 0 amide bonds. The molecule has 0 saturated heterocycles. The van der Waals surface area contributed by atoms with E-state index in [1.54, 1.807) is 0 Å². The van der Waals surface area contributed by atoms with Gasteiger partial charge in [0.1, 0.15) is 5.75 Å². The van der Waals surface area contributed by atoms with Crippen LogP contribution in [0.3, 0.4) is 0 Å². The molecule has 1 aliphatic rings. The zero-order valence-corrected chi connectivity index (χ0v) is 12.7. The quantitative estimate of drug-likeness (QED) is 0.934. The minimum Gasteiger partial charge on any atom is -0.493 e. The first-order valence-corrected chi connectivity index (χ1v) is 7.56. The highest BCUT2D eigenvalue weighted by molar-refractivity contribution is 5.38. The van der Waals surface area contributed by atoms with Crippen LogP contribution in [0, 0.1) is 13.8 Å². The van der Waals surface area contributed by atoms with Crippen LogP contribution in [0.5, 0.6) is 5.75 Å². The van der Waals surface area contributed by atoms with Crippen molar-refractivity contribution in [2.24, 2.45) is 5.73 Å². The highest BCUT2D eigenvalue weighted by atomic mass is 16.5. The lowest BCUT2D eigenvalue weighted by atomic mass is 9.85. The smallest absolute Gasteiger partial charge is 0.122 e. The third-order valence-corrected chi connectivity index (χ3v) is 4.29. The molecule has 2 unspecified atom stereocenters. The maximum atomic E-state index is 6.45. The van der Waals surface area contributed by atoms with Crippen molar-refractivity contribution in [2.75, 3.05) is 6.61 Å². The number of hydrogen-bond donors (Lipinski definition) is 1. The van der Waals surface area contributed by atoms with Crippen molar-refractivity contribution in [1.82, 2.24) is 4.98 Å². The first-order valence-electron chi connectivity index (χ1n) is 7.56. The van der Waals surface area contributed by atoms with Crippen LogP contribution in [0.4, 0.5) is 0 Å². The van der Waals surface area contributed by atoms with Gasteiger partial charge in [0, 0.05) is 17.4 Å². The van der Waals surface area contributed by atoms with Gasteiger partial charge >= 0.3 is 0 Å². The van der Waals surface area contributed by atoms with Crippen molar-refractivity contribution in [3.63, 3.8) is 0 Å². The predicted octanol–water partition coefficient (Wildman–Crippen LogP) is 3.65. The fourth-order valence-corrected chi connectivity index (χ4v) is 3.18. The van der Waals surface area contributed by atoms with Gasteiger partial charge in [0.05, 0.1) is 6.61 Å². The average molecular weight is 282 g/mol. The van der Waals surface area contributed by atoms with Crippen LogP contribution >= 0.6 is 0 Å². The Labute approximate surface area is 126 Å². The van der Waals surface area contributed by atoms with Gasteiger partial charge in [0.2, 0.25) is 0 Å². The van der Waals surface area contributed by atoms with E-state index < -0.39 is 0 Å². The van der Waals surface area contributed by atoms with Gasteiger partial charge in [-0.15, -0.1) is 0 Å². The summed E-state index contributed by atoms with van der Waals surface area (Å²) in [5.74, 6) is 1.48. The summed E-state index contributed by atoms with van der Waals surface area (Å²) in [7, 11) is 0. The van der Waals surface area contributed by atoms with Crippen molar-refractivity contribution >= 4 is 0 Å². The molecule has 0 fully saturated rings. The lowest BCUT2D eigenvalue weighted by molar-refractivity contribution is 0.259. The normalized spacial score (nSPS) is 18.7. The molecule has 1 aromatic heterocycles. The molecule has 2 N–H and O–H groups in total. The Morgan fingerprint density at radius 3 is 2.86 bits per heavy atom. The molecule has 3 nitrogen and oxygen atoms in total. The van der Waals surface area contributed by atoms with Crippen LogP contribution in [-0.2, 0) is 0 Å². The van der Waals surface area contributed by atoms with Crippen LogP contribution in [0.25, 0.3) is 0 Å². The second kappa shape index (κ2) is 5.86. The molecule has 1 aliphatic heterocycles. The summed E-state index contributed by atoms with van der Waals surface area (Å²) in [5.41, 5.74) is 11.0.